The summed E-state index contributed by atoms with van der Waals surface area (Å²) in [5.74, 6) is 0. The standard InChI is InChI=1S/C4H9F2N.H2O4S/c5-2-1-4(6)3-7;1-5(2,3)4/h4H,1-3,7H2;(H2,1,2,3,4). The second-order valence-corrected chi connectivity index (χ2v) is 2.65. The van der Waals surface area contributed by atoms with Gasteiger partial charge in [0.25, 0.3) is 0 Å². The Morgan fingerprint density at radius 3 is 1.83 bits per heavy atom. The van der Waals surface area contributed by atoms with Gasteiger partial charge in [0.05, 0.1) is 6.67 Å². The van der Waals surface area contributed by atoms with E-state index in [0.29, 0.717) is 0 Å². The summed E-state index contributed by atoms with van der Waals surface area (Å²) in [6.45, 7) is -0.678. The van der Waals surface area contributed by atoms with Crippen LogP contribution in [0.3, 0.4) is 0 Å². The minimum atomic E-state index is -4.67. The van der Waals surface area contributed by atoms with Gasteiger partial charge < -0.3 is 5.73 Å². The summed E-state index contributed by atoms with van der Waals surface area (Å²) in [6.07, 6.45) is -1.21. The molecule has 4 N–H and O–H groups in total. The fraction of sp³-hybridized carbons (Fsp3) is 1.00. The molecule has 0 saturated heterocycles. The molecule has 0 saturated carbocycles. The SMILES string of the molecule is NCC(F)CCF.O=S(=O)(O)O. The first kappa shape index (κ1) is 14.2. The molecule has 1 atom stereocenters. The van der Waals surface area contributed by atoms with Crippen LogP contribution in [0.15, 0.2) is 0 Å². The molecule has 0 heterocycles. The van der Waals surface area contributed by atoms with Gasteiger partial charge in [-0.2, -0.15) is 8.42 Å². The van der Waals surface area contributed by atoms with Crippen LogP contribution in [-0.4, -0.2) is 36.9 Å². The Hall–Kier alpha value is -0.310. The molecule has 0 aliphatic rings. The summed E-state index contributed by atoms with van der Waals surface area (Å²) in [5, 5.41) is 0. The first-order valence-corrected chi connectivity index (χ1v) is 4.31. The minimum Gasteiger partial charge on any atom is -0.328 e. The summed E-state index contributed by atoms with van der Waals surface area (Å²) < 4.78 is 54.5. The molecular formula is C4H11F2NO4S. The van der Waals surface area contributed by atoms with Crippen molar-refractivity contribution in [2.24, 2.45) is 5.73 Å². The molecule has 0 radical (unpaired) electrons. The van der Waals surface area contributed by atoms with Gasteiger partial charge in [0.15, 0.2) is 0 Å². The molecule has 0 aromatic rings. The molecule has 0 aliphatic carbocycles. The van der Waals surface area contributed by atoms with Crippen molar-refractivity contribution < 1.29 is 26.3 Å². The summed E-state index contributed by atoms with van der Waals surface area (Å²) in [5.41, 5.74) is 4.82. The number of hydrogen-bond donors (Lipinski definition) is 3. The van der Waals surface area contributed by atoms with Gasteiger partial charge in [0.1, 0.15) is 6.17 Å². The number of nitrogens with two attached hydrogens (primary N) is 1. The third-order valence-corrected chi connectivity index (χ3v) is 0.678. The molecule has 0 amide bonds. The van der Waals surface area contributed by atoms with Crippen molar-refractivity contribution in [1.29, 1.82) is 0 Å². The molecule has 0 fully saturated rings. The predicted molar refractivity (Wildman–Crippen MR) is 38.7 cm³/mol. The first-order chi connectivity index (χ1) is 5.31. The van der Waals surface area contributed by atoms with Crippen molar-refractivity contribution in [1.82, 2.24) is 0 Å². The average Bonchev–Trinajstić information content (AvgIpc) is 1.85. The van der Waals surface area contributed by atoms with E-state index in [4.69, 9.17) is 23.3 Å². The maximum Gasteiger partial charge on any atom is 0.394 e. The Morgan fingerprint density at radius 1 is 1.42 bits per heavy atom. The first-order valence-electron chi connectivity index (χ1n) is 2.91. The molecule has 0 aromatic heterocycles. The van der Waals surface area contributed by atoms with E-state index in [-0.39, 0.29) is 13.0 Å². The van der Waals surface area contributed by atoms with E-state index in [9.17, 15) is 8.78 Å². The van der Waals surface area contributed by atoms with Gasteiger partial charge in [-0.05, 0) is 0 Å². The average molecular weight is 207 g/mol. The topological polar surface area (TPSA) is 101 Å². The van der Waals surface area contributed by atoms with Crippen molar-refractivity contribution in [2.75, 3.05) is 13.2 Å². The fourth-order valence-corrected chi connectivity index (χ4v) is 0.236. The largest absolute Gasteiger partial charge is 0.394 e. The lowest BCUT2D eigenvalue weighted by atomic mass is 10.3. The maximum atomic E-state index is 11.8. The van der Waals surface area contributed by atoms with Crippen LogP contribution in [-0.2, 0) is 10.4 Å². The van der Waals surface area contributed by atoms with E-state index in [1.54, 1.807) is 0 Å². The van der Waals surface area contributed by atoms with Crippen molar-refractivity contribution in [3.8, 4) is 0 Å². The van der Waals surface area contributed by atoms with Gasteiger partial charge in [-0.3, -0.25) is 13.5 Å². The third kappa shape index (κ3) is 33.3. The van der Waals surface area contributed by atoms with Gasteiger partial charge in [0, 0.05) is 13.0 Å². The molecule has 8 heteroatoms. The zero-order valence-electron chi connectivity index (χ0n) is 6.15. The van der Waals surface area contributed by atoms with Crippen LogP contribution in [0.25, 0.3) is 0 Å². The molecule has 0 spiro atoms. The lowest BCUT2D eigenvalue weighted by Gasteiger charge is -1.96. The van der Waals surface area contributed by atoms with Crippen LogP contribution in [0.1, 0.15) is 6.42 Å². The zero-order chi connectivity index (χ0) is 10.2. The van der Waals surface area contributed by atoms with Crippen molar-refractivity contribution in [2.45, 2.75) is 12.6 Å². The van der Waals surface area contributed by atoms with E-state index >= 15 is 0 Å². The molecular weight excluding hydrogens is 196 g/mol. The highest BCUT2D eigenvalue weighted by molar-refractivity contribution is 7.79. The molecule has 0 rings (SSSR count). The van der Waals surface area contributed by atoms with Gasteiger partial charge >= 0.3 is 10.4 Å². The number of halogens is 2. The fourth-order valence-electron chi connectivity index (χ4n) is 0.236. The van der Waals surface area contributed by atoms with Crippen molar-refractivity contribution in [3.05, 3.63) is 0 Å². The van der Waals surface area contributed by atoms with Gasteiger partial charge in [-0.25, -0.2) is 4.39 Å². The van der Waals surface area contributed by atoms with E-state index in [1.165, 1.54) is 0 Å². The minimum absolute atomic E-state index is 0.0590. The highest BCUT2D eigenvalue weighted by Crippen LogP contribution is 1.93. The van der Waals surface area contributed by atoms with Crippen LogP contribution < -0.4 is 5.73 Å². The van der Waals surface area contributed by atoms with Crippen molar-refractivity contribution >= 4 is 10.4 Å². The molecule has 0 aromatic carbocycles. The van der Waals surface area contributed by atoms with Crippen molar-refractivity contribution in [3.63, 3.8) is 0 Å². The Kier molecular flexibility index (Phi) is 8.71. The van der Waals surface area contributed by atoms with E-state index in [1.807, 2.05) is 0 Å². The Bertz CT molecular complexity index is 175. The van der Waals surface area contributed by atoms with E-state index < -0.39 is 23.2 Å². The number of hydrogen-bond acceptors (Lipinski definition) is 3. The van der Waals surface area contributed by atoms with E-state index in [2.05, 4.69) is 0 Å². The smallest absolute Gasteiger partial charge is 0.328 e. The van der Waals surface area contributed by atoms with Crippen LogP contribution in [0.5, 0.6) is 0 Å². The molecule has 0 bridgehead atoms. The van der Waals surface area contributed by atoms with Crippen LogP contribution in [0.4, 0.5) is 8.78 Å². The summed E-state index contributed by atoms with van der Waals surface area (Å²) in [6, 6.07) is 0. The number of rotatable bonds is 3. The highest BCUT2D eigenvalue weighted by Gasteiger charge is 1.99. The van der Waals surface area contributed by atoms with Crippen LogP contribution in [0, 0.1) is 0 Å². The normalized spacial score (nSPS) is 13.1. The van der Waals surface area contributed by atoms with Crippen LogP contribution in [0.2, 0.25) is 0 Å². The molecule has 12 heavy (non-hydrogen) atoms. The molecule has 5 nitrogen and oxygen atoms in total. The lowest BCUT2D eigenvalue weighted by molar-refractivity contribution is 0.290. The van der Waals surface area contributed by atoms with Gasteiger partial charge in [-0.1, -0.05) is 0 Å². The van der Waals surface area contributed by atoms with E-state index in [0.717, 1.165) is 0 Å². The Balaban J connectivity index is 0. The van der Waals surface area contributed by atoms with Crippen LogP contribution >= 0.6 is 0 Å². The quantitative estimate of drug-likeness (QED) is 0.565. The van der Waals surface area contributed by atoms with Gasteiger partial charge in [-0.15, -0.1) is 0 Å². The second-order valence-electron chi connectivity index (χ2n) is 1.76. The summed E-state index contributed by atoms with van der Waals surface area (Å²) >= 11 is 0. The van der Waals surface area contributed by atoms with Gasteiger partial charge in [0.2, 0.25) is 0 Å². The highest BCUT2D eigenvalue weighted by atomic mass is 32.3. The zero-order valence-corrected chi connectivity index (χ0v) is 6.97. The Labute approximate surface area is 69.1 Å². The molecule has 76 valence electrons. The maximum absolute atomic E-state index is 11.8. The molecule has 0 aliphatic heterocycles. The number of alkyl halides is 2. The lowest BCUT2D eigenvalue weighted by Crippen LogP contribution is -2.15. The monoisotopic (exact) mass is 207 g/mol. The Morgan fingerprint density at radius 2 is 1.75 bits per heavy atom. The third-order valence-electron chi connectivity index (χ3n) is 0.678. The predicted octanol–water partition coefficient (Wildman–Crippen LogP) is -0.01000. The summed E-state index contributed by atoms with van der Waals surface area (Å²) in [7, 11) is -4.67. The second kappa shape index (κ2) is 7.35. The molecule has 1 unspecified atom stereocenters. The summed E-state index contributed by atoms with van der Waals surface area (Å²) in [4.78, 5) is 0.